The van der Waals surface area contributed by atoms with Crippen LogP contribution in [-0.2, 0) is 16.0 Å². The Balaban J connectivity index is 1.48. The zero-order valence-corrected chi connectivity index (χ0v) is 16.4. The molecule has 0 unspecified atom stereocenters. The second-order valence-electron chi connectivity index (χ2n) is 7.69. The largest absolute Gasteiger partial charge is 0.480 e. The van der Waals surface area contributed by atoms with Gasteiger partial charge in [-0.05, 0) is 49.0 Å². The summed E-state index contributed by atoms with van der Waals surface area (Å²) in [7, 11) is 1.90. The van der Waals surface area contributed by atoms with Gasteiger partial charge in [0.05, 0.1) is 11.6 Å². The van der Waals surface area contributed by atoms with E-state index in [9.17, 15) is 14.7 Å². The van der Waals surface area contributed by atoms with Crippen LogP contribution in [0, 0.1) is 0 Å². The van der Waals surface area contributed by atoms with E-state index in [1.165, 1.54) is 0 Å². The maximum absolute atomic E-state index is 12.5. The fraction of sp³-hybridized carbons (Fsp3) is 0.304. The fourth-order valence-electron chi connectivity index (χ4n) is 4.09. The summed E-state index contributed by atoms with van der Waals surface area (Å²) in [4.78, 5) is 29.4. The highest BCUT2D eigenvalue weighted by atomic mass is 16.4. The lowest BCUT2D eigenvalue weighted by atomic mass is 9.99. The van der Waals surface area contributed by atoms with Gasteiger partial charge in [-0.15, -0.1) is 0 Å². The number of para-hydroxylation sites is 1. The van der Waals surface area contributed by atoms with Crippen molar-refractivity contribution in [1.82, 2.24) is 15.2 Å². The quantitative estimate of drug-likeness (QED) is 0.603. The van der Waals surface area contributed by atoms with E-state index in [1.807, 2.05) is 54.5 Å². The Labute approximate surface area is 169 Å². The molecule has 2 atom stereocenters. The molecule has 0 aliphatic carbocycles. The minimum absolute atomic E-state index is 0.201. The van der Waals surface area contributed by atoms with E-state index in [0.717, 1.165) is 47.0 Å². The molecule has 1 aliphatic heterocycles. The topological polar surface area (TPSA) is 85.4 Å². The molecule has 1 amide bonds. The number of carbonyl (C=O) groups excluding carboxylic acids is 1. The third kappa shape index (κ3) is 4.03. The summed E-state index contributed by atoms with van der Waals surface area (Å²) in [6.07, 6.45) is 3.91. The molecular formula is C23H25N3O3. The Morgan fingerprint density at radius 1 is 1.21 bits per heavy atom. The molecule has 1 fully saturated rings. The lowest BCUT2D eigenvalue weighted by Gasteiger charge is -2.22. The summed E-state index contributed by atoms with van der Waals surface area (Å²) in [5.74, 6) is -1.22. The predicted octanol–water partition coefficient (Wildman–Crippen LogP) is 3.04. The number of likely N-dealkylation sites (N-methyl/N-ethyl adjacent to an activating group) is 1. The van der Waals surface area contributed by atoms with Crippen LogP contribution in [0.2, 0.25) is 0 Å². The van der Waals surface area contributed by atoms with E-state index < -0.39 is 12.0 Å². The number of hydrogen-bond acceptors (Lipinski definition) is 3. The maximum Gasteiger partial charge on any atom is 0.326 e. The molecule has 0 bridgehead atoms. The minimum atomic E-state index is -1.01. The predicted molar refractivity (Wildman–Crippen MR) is 113 cm³/mol. The molecule has 150 valence electrons. The molecule has 0 saturated carbocycles. The van der Waals surface area contributed by atoms with Crippen LogP contribution in [0.4, 0.5) is 0 Å². The molecule has 2 heterocycles. The molecule has 29 heavy (non-hydrogen) atoms. The number of hydrogen-bond donors (Lipinski definition) is 3. The number of likely N-dealkylation sites (tertiary alicyclic amines) is 1. The monoisotopic (exact) mass is 391 g/mol. The van der Waals surface area contributed by atoms with E-state index >= 15 is 0 Å². The molecular weight excluding hydrogens is 366 g/mol. The van der Waals surface area contributed by atoms with Crippen molar-refractivity contribution in [2.45, 2.75) is 31.3 Å². The summed E-state index contributed by atoms with van der Waals surface area (Å²) >= 11 is 0. The van der Waals surface area contributed by atoms with Crippen LogP contribution in [-0.4, -0.2) is 52.5 Å². The van der Waals surface area contributed by atoms with Crippen LogP contribution in [0.5, 0.6) is 0 Å². The van der Waals surface area contributed by atoms with Crippen molar-refractivity contribution in [3.05, 3.63) is 60.3 Å². The van der Waals surface area contributed by atoms with Gasteiger partial charge in [0, 0.05) is 18.2 Å². The number of benzene rings is 2. The zero-order chi connectivity index (χ0) is 20.4. The summed E-state index contributed by atoms with van der Waals surface area (Å²) in [5, 5.41) is 13.5. The van der Waals surface area contributed by atoms with Crippen molar-refractivity contribution in [3.8, 4) is 11.1 Å². The Hall–Kier alpha value is -3.12. The smallest absolute Gasteiger partial charge is 0.326 e. The first kappa shape index (κ1) is 19.2. The first-order valence-electron chi connectivity index (χ1n) is 9.92. The molecule has 3 aromatic rings. The highest BCUT2D eigenvalue weighted by molar-refractivity contribution is 5.94. The number of amides is 1. The van der Waals surface area contributed by atoms with Crippen molar-refractivity contribution in [2.75, 3.05) is 13.6 Å². The standard InChI is InChI=1S/C23H25N3O3/c1-26-13-3-6-20(26)22(27)25-19(23(28)29)14-15-7-9-16(10-8-15)18-5-2-4-17-11-12-24-21(17)18/h2,4-5,7-12,19-20,24H,3,6,13-14H2,1H3,(H,25,27)(H,28,29)/t19-,20-/m0/s1. The number of rotatable bonds is 6. The Morgan fingerprint density at radius 2 is 2.00 bits per heavy atom. The van der Waals surface area contributed by atoms with E-state index in [4.69, 9.17) is 0 Å². The van der Waals surface area contributed by atoms with Crippen LogP contribution < -0.4 is 5.32 Å². The third-order valence-electron chi connectivity index (χ3n) is 5.73. The number of carbonyl (C=O) groups is 2. The second kappa shape index (κ2) is 8.09. The van der Waals surface area contributed by atoms with Crippen molar-refractivity contribution in [3.63, 3.8) is 0 Å². The number of aromatic nitrogens is 1. The van der Waals surface area contributed by atoms with Gasteiger partial charge in [-0.1, -0.05) is 42.5 Å². The number of carboxylic acids is 1. The van der Waals surface area contributed by atoms with Crippen LogP contribution >= 0.6 is 0 Å². The van der Waals surface area contributed by atoms with Gasteiger partial charge >= 0.3 is 5.97 Å². The molecule has 0 spiro atoms. The number of nitrogens with one attached hydrogen (secondary N) is 2. The average molecular weight is 391 g/mol. The van der Waals surface area contributed by atoms with Gasteiger partial charge in [0.25, 0.3) is 0 Å². The summed E-state index contributed by atoms with van der Waals surface area (Å²) < 4.78 is 0. The molecule has 3 N–H and O–H groups in total. The first-order chi connectivity index (χ1) is 14.0. The number of fused-ring (bicyclic) bond motifs is 1. The highest BCUT2D eigenvalue weighted by Gasteiger charge is 2.30. The fourth-order valence-corrected chi connectivity index (χ4v) is 4.09. The molecule has 6 nitrogen and oxygen atoms in total. The van der Waals surface area contributed by atoms with E-state index in [1.54, 1.807) is 0 Å². The molecule has 1 aromatic heterocycles. The number of H-pyrrole nitrogens is 1. The molecule has 1 aliphatic rings. The normalized spacial score (nSPS) is 18.0. The van der Waals surface area contributed by atoms with Gasteiger partial charge < -0.3 is 15.4 Å². The Bertz CT molecular complexity index is 1030. The first-order valence-corrected chi connectivity index (χ1v) is 9.92. The van der Waals surface area contributed by atoms with Crippen molar-refractivity contribution >= 4 is 22.8 Å². The van der Waals surface area contributed by atoms with Gasteiger partial charge in [0.15, 0.2) is 0 Å². The summed E-state index contributed by atoms with van der Waals surface area (Å²) in [5.41, 5.74) is 4.12. The maximum atomic E-state index is 12.5. The van der Waals surface area contributed by atoms with Gasteiger partial charge in [-0.3, -0.25) is 9.69 Å². The van der Waals surface area contributed by atoms with Gasteiger partial charge in [-0.2, -0.15) is 0 Å². The Morgan fingerprint density at radius 3 is 2.69 bits per heavy atom. The SMILES string of the molecule is CN1CCC[C@H]1C(=O)N[C@@H](Cc1ccc(-c2cccc3cc[nH]c23)cc1)C(=O)O. The van der Waals surface area contributed by atoms with Gasteiger partial charge in [0.1, 0.15) is 6.04 Å². The molecule has 2 aromatic carbocycles. The number of aliphatic carboxylic acids is 1. The molecule has 1 saturated heterocycles. The number of carboxylic acid groups (broad SMARTS) is 1. The molecule has 0 radical (unpaired) electrons. The Kier molecular flexibility index (Phi) is 5.36. The number of nitrogens with zero attached hydrogens (tertiary/aromatic N) is 1. The van der Waals surface area contributed by atoms with Crippen LogP contribution in [0.15, 0.2) is 54.7 Å². The lowest BCUT2D eigenvalue weighted by Crippen LogP contribution is -2.49. The van der Waals surface area contributed by atoms with E-state index in [2.05, 4.69) is 22.4 Å². The van der Waals surface area contributed by atoms with E-state index in [0.29, 0.717) is 0 Å². The summed E-state index contributed by atoms with van der Waals surface area (Å²) in [6, 6.07) is 14.9. The average Bonchev–Trinajstić information content (AvgIpc) is 3.36. The van der Waals surface area contributed by atoms with E-state index in [-0.39, 0.29) is 18.4 Å². The number of aromatic amines is 1. The van der Waals surface area contributed by atoms with Crippen LogP contribution in [0.3, 0.4) is 0 Å². The van der Waals surface area contributed by atoms with Crippen molar-refractivity contribution in [1.29, 1.82) is 0 Å². The van der Waals surface area contributed by atoms with Crippen LogP contribution in [0.25, 0.3) is 22.0 Å². The highest BCUT2D eigenvalue weighted by Crippen LogP contribution is 2.28. The van der Waals surface area contributed by atoms with Gasteiger partial charge in [-0.25, -0.2) is 4.79 Å². The zero-order valence-electron chi connectivity index (χ0n) is 16.4. The molecule has 4 rings (SSSR count). The lowest BCUT2D eigenvalue weighted by molar-refractivity contribution is -0.142. The second-order valence-corrected chi connectivity index (χ2v) is 7.69. The van der Waals surface area contributed by atoms with Crippen LogP contribution in [0.1, 0.15) is 18.4 Å². The van der Waals surface area contributed by atoms with Crippen molar-refractivity contribution < 1.29 is 14.7 Å². The summed E-state index contributed by atoms with van der Waals surface area (Å²) in [6.45, 7) is 0.866. The van der Waals surface area contributed by atoms with Crippen molar-refractivity contribution in [2.24, 2.45) is 0 Å². The third-order valence-corrected chi connectivity index (χ3v) is 5.73. The minimum Gasteiger partial charge on any atom is -0.480 e. The molecule has 6 heteroatoms. The van der Waals surface area contributed by atoms with Gasteiger partial charge in [0.2, 0.25) is 5.91 Å².